The van der Waals surface area contributed by atoms with Crippen molar-refractivity contribution in [1.29, 1.82) is 0 Å². The molecule has 0 aliphatic carbocycles. The molecule has 0 fully saturated rings. The van der Waals surface area contributed by atoms with Crippen LogP contribution in [0.4, 0.5) is 0 Å². The molecule has 0 saturated heterocycles. The molecule has 0 N–H and O–H groups in total. The SMILES string of the molecule is O=Cc1ccc(/C=C/c2ccccc2)cc1. The van der Waals surface area contributed by atoms with Gasteiger partial charge in [0.2, 0.25) is 0 Å². The highest BCUT2D eigenvalue weighted by Crippen LogP contribution is 2.08. The van der Waals surface area contributed by atoms with Gasteiger partial charge in [-0.15, -0.1) is 0 Å². The van der Waals surface area contributed by atoms with E-state index in [1.54, 1.807) is 0 Å². The fraction of sp³-hybridized carbons (Fsp3) is 0. The van der Waals surface area contributed by atoms with Crippen LogP contribution in [0, 0.1) is 0 Å². The van der Waals surface area contributed by atoms with Crippen LogP contribution in [0.25, 0.3) is 12.2 Å². The van der Waals surface area contributed by atoms with Crippen molar-refractivity contribution in [2.75, 3.05) is 0 Å². The monoisotopic (exact) mass is 208 g/mol. The molecule has 1 heteroatoms. The van der Waals surface area contributed by atoms with Crippen LogP contribution in [-0.2, 0) is 0 Å². The molecule has 0 aliphatic heterocycles. The van der Waals surface area contributed by atoms with Crippen molar-refractivity contribution in [2.45, 2.75) is 0 Å². The van der Waals surface area contributed by atoms with Gasteiger partial charge < -0.3 is 0 Å². The summed E-state index contributed by atoms with van der Waals surface area (Å²) < 4.78 is 0. The van der Waals surface area contributed by atoms with Crippen molar-refractivity contribution in [3.63, 3.8) is 0 Å². The standard InChI is InChI=1S/C15H12O/c16-12-15-10-8-14(9-11-15)7-6-13-4-2-1-3-5-13/h1-12H/b7-6+. The van der Waals surface area contributed by atoms with Gasteiger partial charge in [0.05, 0.1) is 0 Å². The van der Waals surface area contributed by atoms with E-state index in [4.69, 9.17) is 0 Å². The summed E-state index contributed by atoms with van der Waals surface area (Å²) in [6.07, 6.45) is 4.94. The molecule has 0 spiro atoms. The van der Waals surface area contributed by atoms with E-state index in [0.29, 0.717) is 5.56 Å². The van der Waals surface area contributed by atoms with E-state index < -0.39 is 0 Å². The molecule has 78 valence electrons. The first kappa shape index (κ1) is 10.4. The number of rotatable bonds is 3. The molecule has 0 bridgehead atoms. The largest absolute Gasteiger partial charge is 0.298 e. The second-order valence-electron chi connectivity index (χ2n) is 3.53. The first-order chi connectivity index (χ1) is 7.88. The molecule has 0 heterocycles. The predicted octanol–water partition coefficient (Wildman–Crippen LogP) is 3.67. The van der Waals surface area contributed by atoms with Crippen LogP contribution < -0.4 is 0 Å². The summed E-state index contributed by atoms with van der Waals surface area (Å²) in [7, 11) is 0. The molecule has 2 rings (SSSR count). The first-order valence-corrected chi connectivity index (χ1v) is 5.17. The minimum absolute atomic E-state index is 0.705. The number of aldehydes is 1. The van der Waals surface area contributed by atoms with E-state index in [2.05, 4.69) is 18.2 Å². The van der Waals surface area contributed by atoms with E-state index in [1.807, 2.05) is 48.5 Å². The van der Waals surface area contributed by atoms with Crippen LogP contribution in [0.2, 0.25) is 0 Å². The maximum atomic E-state index is 10.5. The molecule has 16 heavy (non-hydrogen) atoms. The zero-order valence-electron chi connectivity index (χ0n) is 8.84. The summed E-state index contributed by atoms with van der Waals surface area (Å²) >= 11 is 0. The van der Waals surface area contributed by atoms with Gasteiger partial charge in [0.25, 0.3) is 0 Å². The molecule has 0 aromatic heterocycles. The summed E-state index contributed by atoms with van der Waals surface area (Å²) in [6.45, 7) is 0. The first-order valence-electron chi connectivity index (χ1n) is 5.17. The number of hydrogen-bond donors (Lipinski definition) is 0. The molecule has 0 atom stereocenters. The number of hydrogen-bond acceptors (Lipinski definition) is 1. The lowest BCUT2D eigenvalue weighted by molar-refractivity contribution is 0.112. The van der Waals surface area contributed by atoms with Crippen LogP contribution in [0.5, 0.6) is 0 Å². The third kappa shape index (κ3) is 2.67. The summed E-state index contributed by atoms with van der Waals surface area (Å²) in [4.78, 5) is 10.5. The minimum atomic E-state index is 0.705. The predicted molar refractivity (Wildman–Crippen MR) is 67.2 cm³/mol. The van der Waals surface area contributed by atoms with Gasteiger partial charge in [-0.1, -0.05) is 66.7 Å². The number of benzene rings is 2. The molecule has 0 aliphatic rings. The van der Waals surface area contributed by atoms with Crippen molar-refractivity contribution >= 4 is 18.4 Å². The van der Waals surface area contributed by atoms with Gasteiger partial charge in [0, 0.05) is 5.56 Å². The Bertz CT molecular complexity index is 481. The molecule has 0 unspecified atom stereocenters. The average molecular weight is 208 g/mol. The summed E-state index contributed by atoms with van der Waals surface area (Å²) in [6, 6.07) is 17.6. The Hall–Kier alpha value is -2.15. The summed E-state index contributed by atoms with van der Waals surface area (Å²) in [5, 5.41) is 0. The normalized spacial score (nSPS) is 10.5. The van der Waals surface area contributed by atoms with Crippen molar-refractivity contribution in [1.82, 2.24) is 0 Å². The second-order valence-corrected chi connectivity index (χ2v) is 3.53. The van der Waals surface area contributed by atoms with Gasteiger partial charge >= 0.3 is 0 Å². The highest BCUT2D eigenvalue weighted by atomic mass is 16.1. The fourth-order valence-corrected chi connectivity index (χ4v) is 1.44. The lowest BCUT2D eigenvalue weighted by Gasteiger charge is -1.94. The topological polar surface area (TPSA) is 17.1 Å². The van der Waals surface area contributed by atoms with Crippen LogP contribution in [0.15, 0.2) is 54.6 Å². The quantitative estimate of drug-likeness (QED) is 0.555. The smallest absolute Gasteiger partial charge is 0.150 e. The van der Waals surface area contributed by atoms with Crippen LogP contribution in [-0.4, -0.2) is 6.29 Å². The van der Waals surface area contributed by atoms with Gasteiger partial charge in [0.15, 0.2) is 0 Å². The van der Waals surface area contributed by atoms with E-state index in [-0.39, 0.29) is 0 Å². The van der Waals surface area contributed by atoms with E-state index in [9.17, 15) is 4.79 Å². The zero-order chi connectivity index (χ0) is 11.2. The molecule has 2 aromatic carbocycles. The third-order valence-corrected chi connectivity index (χ3v) is 2.34. The van der Waals surface area contributed by atoms with Gasteiger partial charge in [-0.25, -0.2) is 0 Å². The molecular formula is C15H12O. The molecule has 2 aromatic rings. The lowest BCUT2D eigenvalue weighted by atomic mass is 10.1. The molecule has 0 saturated carbocycles. The zero-order valence-corrected chi connectivity index (χ0v) is 8.84. The minimum Gasteiger partial charge on any atom is -0.298 e. The summed E-state index contributed by atoms with van der Waals surface area (Å²) in [5.41, 5.74) is 2.97. The Morgan fingerprint density at radius 2 is 1.12 bits per heavy atom. The lowest BCUT2D eigenvalue weighted by Crippen LogP contribution is -1.78. The Balaban J connectivity index is 2.14. The highest BCUT2D eigenvalue weighted by molar-refractivity contribution is 5.76. The molecule has 1 nitrogen and oxygen atoms in total. The molecular weight excluding hydrogens is 196 g/mol. The maximum Gasteiger partial charge on any atom is 0.150 e. The van der Waals surface area contributed by atoms with Crippen LogP contribution >= 0.6 is 0 Å². The van der Waals surface area contributed by atoms with Gasteiger partial charge in [0.1, 0.15) is 6.29 Å². The molecule has 0 amide bonds. The van der Waals surface area contributed by atoms with Crippen molar-refractivity contribution in [3.8, 4) is 0 Å². The second kappa shape index (κ2) is 5.08. The van der Waals surface area contributed by atoms with E-state index >= 15 is 0 Å². The highest BCUT2D eigenvalue weighted by Gasteiger charge is 1.89. The van der Waals surface area contributed by atoms with Crippen LogP contribution in [0.1, 0.15) is 21.5 Å². The fourth-order valence-electron chi connectivity index (χ4n) is 1.44. The van der Waals surface area contributed by atoms with Crippen molar-refractivity contribution in [2.24, 2.45) is 0 Å². The van der Waals surface area contributed by atoms with E-state index in [1.165, 1.54) is 5.56 Å². The summed E-state index contributed by atoms with van der Waals surface area (Å²) in [5.74, 6) is 0. The number of carbonyl (C=O) groups is 1. The Kier molecular flexibility index (Phi) is 3.29. The Labute approximate surface area is 95.1 Å². The van der Waals surface area contributed by atoms with E-state index in [0.717, 1.165) is 11.8 Å². The van der Waals surface area contributed by atoms with Gasteiger partial charge in [-0.2, -0.15) is 0 Å². The Morgan fingerprint density at radius 1 is 0.625 bits per heavy atom. The van der Waals surface area contributed by atoms with Crippen molar-refractivity contribution in [3.05, 3.63) is 71.3 Å². The Morgan fingerprint density at radius 3 is 1.69 bits per heavy atom. The third-order valence-electron chi connectivity index (χ3n) is 2.34. The van der Waals surface area contributed by atoms with Crippen LogP contribution in [0.3, 0.4) is 0 Å². The maximum absolute atomic E-state index is 10.5. The number of carbonyl (C=O) groups excluding carboxylic acids is 1. The van der Waals surface area contributed by atoms with Crippen molar-refractivity contribution < 1.29 is 4.79 Å². The average Bonchev–Trinajstić information content (AvgIpc) is 2.38. The van der Waals surface area contributed by atoms with Gasteiger partial charge in [-0.3, -0.25) is 4.79 Å². The van der Waals surface area contributed by atoms with Gasteiger partial charge in [-0.05, 0) is 11.1 Å². The molecule has 0 radical (unpaired) electrons.